The van der Waals surface area contributed by atoms with Gasteiger partial charge in [-0.2, -0.15) is 0 Å². The lowest BCUT2D eigenvalue weighted by atomic mass is 10.00. The van der Waals surface area contributed by atoms with Crippen molar-refractivity contribution in [1.29, 1.82) is 0 Å². The molecule has 0 aromatic heterocycles. The van der Waals surface area contributed by atoms with Crippen molar-refractivity contribution >= 4 is 12.0 Å². The van der Waals surface area contributed by atoms with Gasteiger partial charge in [0, 0.05) is 31.7 Å². The maximum absolute atomic E-state index is 12.2. The molecule has 114 valence electrons. The highest BCUT2D eigenvalue weighted by atomic mass is 16.4. The summed E-state index contributed by atoms with van der Waals surface area (Å²) >= 11 is 0. The maximum Gasteiger partial charge on any atom is 0.317 e. The molecule has 1 aliphatic carbocycles. The summed E-state index contributed by atoms with van der Waals surface area (Å²) in [5, 5.41) is 11.8. The number of carbonyl (C=O) groups excluding carboxylic acids is 1. The van der Waals surface area contributed by atoms with Gasteiger partial charge in [-0.05, 0) is 39.2 Å². The standard InChI is InChI=1S/C14H25N3O3/c1-16(11-5-6-11)9-7-15-14(20)17-8-3-2-4-12(17)10-13(18)19/h11-12H,2-10H2,1H3,(H,15,20)(H,18,19). The van der Waals surface area contributed by atoms with Gasteiger partial charge in [-0.3, -0.25) is 4.79 Å². The quantitative estimate of drug-likeness (QED) is 0.766. The highest BCUT2D eigenvalue weighted by Crippen LogP contribution is 2.24. The average molecular weight is 283 g/mol. The highest BCUT2D eigenvalue weighted by Gasteiger charge is 2.29. The zero-order valence-electron chi connectivity index (χ0n) is 12.2. The zero-order chi connectivity index (χ0) is 14.5. The number of hydrogen-bond donors (Lipinski definition) is 2. The van der Waals surface area contributed by atoms with Gasteiger partial charge in [0.05, 0.1) is 6.42 Å². The number of carbonyl (C=O) groups is 2. The van der Waals surface area contributed by atoms with E-state index in [1.165, 1.54) is 12.8 Å². The van der Waals surface area contributed by atoms with Crippen molar-refractivity contribution in [2.75, 3.05) is 26.7 Å². The van der Waals surface area contributed by atoms with Gasteiger partial charge in [0.1, 0.15) is 0 Å². The summed E-state index contributed by atoms with van der Waals surface area (Å²) in [7, 11) is 2.08. The van der Waals surface area contributed by atoms with Crippen LogP contribution in [0.3, 0.4) is 0 Å². The fourth-order valence-corrected chi connectivity index (χ4v) is 2.82. The molecule has 20 heavy (non-hydrogen) atoms. The molecule has 2 amide bonds. The van der Waals surface area contributed by atoms with Crippen LogP contribution in [-0.2, 0) is 4.79 Å². The Bertz CT molecular complexity index is 358. The molecule has 0 aromatic carbocycles. The molecule has 2 rings (SSSR count). The lowest BCUT2D eigenvalue weighted by Gasteiger charge is -2.35. The number of rotatable bonds is 6. The Morgan fingerprint density at radius 3 is 2.70 bits per heavy atom. The number of hydrogen-bond acceptors (Lipinski definition) is 3. The van der Waals surface area contributed by atoms with Gasteiger partial charge in [0.25, 0.3) is 0 Å². The monoisotopic (exact) mass is 283 g/mol. The van der Waals surface area contributed by atoms with Gasteiger partial charge in [0.2, 0.25) is 0 Å². The molecule has 0 radical (unpaired) electrons. The summed E-state index contributed by atoms with van der Waals surface area (Å²) in [6.07, 6.45) is 5.34. The number of carboxylic acids is 1. The van der Waals surface area contributed by atoms with Gasteiger partial charge in [0.15, 0.2) is 0 Å². The first-order chi connectivity index (χ1) is 9.58. The third-order valence-electron chi connectivity index (χ3n) is 4.21. The molecule has 0 spiro atoms. The van der Waals surface area contributed by atoms with E-state index in [4.69, 9.17) is 5.11 Å². The van der Waals surface area contributed by atoms with E-state index < -0.39 is 5.97 Å². The molecule has 2 aliphatic rings. The molecule has 1 saturated carbocycles. The van der Waals surface area contributed by atoms with E-state index in [1.807, 2.05) is 0 Å². The van der Waals surface area contributed by atoms with Crippen LogP contribution in [0.2, 0.25) is 0 Å². The molecule has 1 unspecified atom stereocenters. The minimum absolute atomic E-state index is 0.0510. The molecule has 2 fully saturated rings. The number of amides is 2. The minimum Gasteiger partial charge on any atom is -0.481 e. The summed E-state index contributed by atoms with van der Waals surface area (Å²) in [6, 6.07) is 0.434. The first-order valence-electron chi connectivity index (χ1n) is 7.54. The molecule has 1 aliphatic heterocycles. The van der Waals surface area contributed by atoms with Gasteiger partial charge in [-0.25, -0.2) is 4.79 Å². The molecule has 1 atom stereocenters. The molecule has 0 aromatic rings. The summed E-state index contributed by atoms with van der Waals surface area (Å²) < 4.78 is 0. The third-order valence-corrected chi connectivity index (χ3v) is 4.21. The Morgan fingerprint density at radius 1 is 1.30 bits per heavy atom. The predicted molar refractivity (Wildman–Crippen MR) is 75.6 cm³/mol. The zero-order valence-corrected chi connectivity index (χ0v) is 12.2. The second-order valence-electron chi connectivity index (χ2n) is 5.88. The maximum atomic E-state index is 12.2. The summed E-state index contributed by atoms with van der Waals surface area (Å²) in [6.45, 7) is 2.15. The first kappa shape index (κ1) is 15.1. The third kappa shape index (κ3) is 4.37. The number of urea groups is 1. The van der Waals surface area contributed by atoms with Crippen molar-refractivity contribution in [3.63, 3.8) is 0 Å². The van der Waals surface area contributed by atoms with Crippen LogP contribution in [0.15, 0.2) is 0 Å². The summed E-state index contributed by atoms with van der Waals surface area (Å²) in [5.41, 5.74) is 0. The van der Waals surface area contributed by atoms with Gasteiger partial charge < -0.3 is 20.2 Å². The van der Waals surface area contributed by atoms with Crippen molar-refractivity contribution in [2.45, 2.75) is 50.6 Å². The minimum atomic E-state index is -0.830. The van der Waals surface area contributed by atoms with Crippen LogP contribution in [0.1, 0.15) is 38.5 Å². The molecular weight excluding hydrogens is 258 g/mol. The smallest absolute Gasteiger partial charge is 0.317 e. The SMILES string of the molecule is CN(CCNC(=O)N1CCCCC1CC(=O)O)C1CC1. The van der Waals surface area contributed by atoms with E-state index in [0.717, 1.165) is 25.8 Å². The summed E-state index contributed by atoms with van der Waals surface area (Å²) in [4.78, 5) is 27.0. The normalized spacial score (nSPS) is 22.9. The molecule has 6 heteroatoms. The van der Waals surface area contributed by atoms with Crippen molar-refractivity contribution in [2.24, 2.45) is 0 Å². The number of likely N-dealkylation sites (N-methyl/N-ethyl adjacent to an activating group) is 1. The second-order valence-corrected chi connectivity index (χ2v) is 5.88. The fraction of sp³-hybridized carbons (Fsp3) is 0.857. The second kappa shape index (κ2) is 6.92. The van der Waals surface area contributed by atoms with Crippen LogP contribution < -0.4 is 5.32 Å². The van der Waals surface area contributed by atoms with Gasteiger partial charge >= 0.3 is 12.0 Å². The van der Waals surface area contributed by atoms with E-state index in [2.05, 4.69) is 17.3 Å². The van der Waals surface area contributed by atoms with Crippen LogP contribution in [0, 0.1) is 0 Å². The summed E-state index contributed by atoms with van der Waals surface area (Å²) in [5.74, 6) is -0.830. The number of nitrogens with one attached hydrogen (secondary N) is 1. The Hall–Kier alpha value is -1.30. The van der Waals surface area contributed by atoms with E-state index >= 15 is 0 Å². The molecule has 6 nitrogen and oxygen atoms in total. The number of aliphatic carboxylic acids is 1. The molecule has 1 heterocycles. The van der Waals surface area contributed by atoms with Crippen molar-refractivity contribution in [3.05, 3.63) is 0 Å². The Balaban J connectivity index is 1.74. The van der Waals surface area contributed by atoms with Crippen molar-refractivity contribution < 1.29 is 14.7 Å². The average Bonchev–Trinajstić information content (AvgIpc) is 3.22. The fourth-order valence-electron chi connectivity index (χ4n) is 2.82. The first-order valence-corrected chi connectivity index (χ1v) is 7.54. The Morgan fingerprint density at radius 2 is 2.05 bits per heavy atom. The number of likely N-dealkylation sites (tertiary alicyclic amines) is 1. The van der Waals surface area contributed by atoms with Crippen LogP contribution >= 0.6 is 0 Å². The highest BCUT2D eigenvalue weighted by molar-refractivity contribution is 5.76. The predicted octanol–water partition coefficient (Wildman–Crippen LogP) is 1.12. The number of carboxylic acid groups (broad SMARTS) is 1. The van der Waals surface area contributed by atoms with Crippen LogP contribution in [-0.4, -0.2) is 65.7 Å². The van der Waals surface area contributed by atoms with Crippen molar-refractivity contribution in [1.82, 2.24) is 15.1 Å². The largest absolute Gasteiger partial charge is 0.481 e. The molecule has 2 N–H and O–H groups in total. The lowest BCUT2D eigenvalue weighted by Crippen LogP contribution is -2.50. The number of piperidine rings is 1. The Labute approximate surface area is 120 Å². The lowest BCUT2D eigenvalue weighted by molar-refractivity contribution is -0.138. The number of nitrogens with zero attached hydrogens (tertiary/aromatic N) is 2. The van der Waals surface area contributed by atoms with Crippen LogP contribution in [0.4, 0.5) is 4.79 Å². The van der Waals surface area contributed by atoms with E-state index in [1.54, 1.807) is 4.90 Å². The van der Waals surface area contributed by atoms with E-state index in [9.17, 15) is 9.59 Å². The molecular formula is C14H25N3O3. The van der Waals surface area contributed by atoms with Crippen LogP contribution in [0.25, 0.3) is 0 Å². The van der Waals surface area contributed by atoms with Crippen LogP contribution in [0.5, 0.6) is 0 Å². The molecule has 1 saturated heterocycles. The van der Waals surface area contributed by atoms with Gasteiger partial charge in [-0.15, -0.1) is 0 Å². The molecule has 0 bridgehead atoms. The van der Waals surface area contributed by atoms with Gasteiger partial charge in [-0.1, -0.05) is 0 Å². The topological polar surface area (TPSA) is 72.9 Å². The van der Waals surface area contributed by atoms with E-state index in [0.29, 0.717) is 19.1 Å². The Kier molecular flexibility index (Phi) is 5.23. The van der Waals surface area contributed by atoms with E-state index in [-0.39, 0.29) is 18.5 Å². The van der Waals surface area contributed by atoms with Crippen molar-refractivity contribution in [3.8, 4) is 0 Å².